The van der Waals surface area contributed by atoms with Crippen LogP contribution in [0, 0.1) is 0 Å². The van der Waals surface area contributed by atoms with Gasteiger partial charge in [-0.1, -0.05) is 22.0 Å². The number of benzene rings is 1. The summed E-state index contributed by atoms with van der Waals surface area (Å²) in [5, 5.41) is 4.51. The van der Waals surface area contributed by atoms with Crippen LogP contribution in [0.1, 0.15) is 35.0 Å². The van der Waals surface area contributed by atoms with E-state index < -0.39 is 0 Å². The molecule has 1 aromatic carbocycles. The molecule has 1 aromatic heterocycles. The molecule has 3 rings (SSSR count). The Labute approximate surface area is 119 Å². The molecule has 1 aliphatic rings. The molecule has 0 radical (unpaired) electrons. The van der Waals surface area contributed by atoms with E-state index in [0.717, 1.165) is 41.6 Å². The molecule has 19 heavy (non-hydrogen) atoms. The van der Waals surface area contributed by atoms with E-state index in [1.165, 1.54) is 0 Å². The van der Waals surface area contributed by atoms with E-state index >= 15 is 0 Å². The Hall–Kier alpha value is -1.46. The zero-order valence-corrected chi connectivity index (χ0v) is 11.8. The molecule has 1 fully saturated rings. The number of carbonyl (C=O) groups is 1. The van der Waals surface area contributed by atoms with Crippen LogP contribution in [0.5, 0.6) is 0 Å². The van der Waals surface area contributed by atoms with Crippen LogP contribution < -0.4 is 0 Å². The lowest BCUT2D eigenvalue weighted by molar-refractivity contribution is 0.104. The molecule has 0 amide bonds. The summed E-state index contributed by atoms with van der Waals surface area (Å²) in [7, 11) is 0. The molecule has 0 saturated carbocycles. The molecule has 1 saturated heterocycles. The fourth-order valence-electron chi connectivity index (χ4n) is 2.29. The summed E-state index contributed by atoms with van der Waals surface area (Å²) in [6, 6.07) is 7.80. The van der Waals surface area contributed by atoms with Crippen molar-refractivity contribution in [1.82, 2.24) is 9.78 Å². The standard InChI is InChI=1S/C14H13BrN2O2/c15-11-3-1-4-12(7-11)17-8-10(9-18)14(16-17)13-5-2-6-19-13/h1,3-4,7-9,13H,2,5-6H2. The maximum Gasteiger partial charge on any atom is 0.153 e. The summed E-state index contributed by atoms with van der Waals surface area (Å²) >= 11 is 3.43. The Kier molecular flexibility index (Phi) is 3.48. The van der Waals surface area contributed by atoms with Crippen LogP contribution in [-0.4, -0.2) is 22.7 Å². The highest BCUT2D eigenvalue weighted by molar-refractivity contribution is 9.10. The molecule has 5 heteroatoms. The summed E-state index contributed by atoms with van der Waals surface area (Å²) in [5.41, 5.74) is 2.26. The highest BCUT2D eigenvalue weighted by atomic mass is 79.9. The maximum absolute atomic E-state index is 11.2. The number of nitrogens with zero attached hydrogens (tertiary/aromatic N) is 2. The second kappa shape index (κ2) is 5.27. The first-order chi connectivity index (χ1) is 9.28. The number of halogens is 1. The first-order valence-electron chi connectivity index (χ1n) is 6.20. The van der Waals surface area contributed by atoms with E-state index in [1.807, 2.05) is 24.3 Å². The highest BCUT2D eigenvalue weighted by Gasteiger charge is 2.24. The van der Waals surface area contributed by atoms with Gasteiger partial charge in [-0.25, -0.2) is 4.68 Å². The summed E-state index contributed by atoms with van der Waals surface area (Å²) in [4.78, 5) is 11.2. The van der Waals surface area contributed by atoms with Crippen molar-refractivity contribution in [1.29, 1.82) is 0 Å². The fourth-order valence-corrected chi connectivity index (χ4v) is 2.67. The summed E-state index contributed by atoms with van der Waals surface area (Å²) < 4.78 is 8.32. The minimum Gasteiger partial charge on any atom is -0.372 e. The third-order valence-corrected chi connectivity index (χ3v) is 3.70. The van der Waals surface area contributed by atoms with Gasteiger partial charge in [0, 0.05) is 17.3 Å². The topological polar surface area (TPSA) is 44.1 Å². The van der Waals surface area contributed by atoms with Crippen LogP contribution in [-0.2, 0) is 4.74 Å². The molecular weight excluding hydrogens is 308 g/mol. The second-order valence-electron chi connectivity index (χ2n) is 4.51. The van der Waals surface area contributed by atoms with Crippen molar-refractivity contribution < 1.29 is 9.53 Å². The molecule has 0 N–H and O–H groups in total. The van der Waals surface area contributed by atoms with Gasteiger partial charge in [-0.15, -0.1) is 0 Å². The molecule has 2 aromatic rings. The van der Waals surface area contributed by atoms with E-state index in [-0.39, 0.29) is 6.10 Å². The van der Waals surface area contributed by atoms with Gasteiger partial charge in [0.25, 0.3) is 0 Å². The summed E-state index contributed by atoms with van der Waals surface area (Å²) in [5.74, 6) is 0. The predicted molar refractivity (Wildman–Crippen MR) is 74.6 cm³/mol. The molecule has 2 heterocycles. The van der Waals surface area contributed by atoms with Crippen molar-refractivity contribution in [2.75, 3.05) is 6.61 Å². The molecule has 1 atom stereocenters. The summed E-state index contributed by atoms with van der Waals surface area (Å²) in [6.45, 7) is 0.743. The van der Waals surface area contributed by atoms with E-state index in [4.69, 9.17) is 4.74 Å². The van der Waals surface area contributed by atoms with Crippen molar-refractivity contribution in [2.24, 2.45) is 0 Å². The zero-order valence-electron chi connectivity index (χ0n) is 10.3. The van der Waals surface area contributed by atoms with Crippen LogP contribution in [0.25, 0.3) is 5.69 Å². The van der Waals surface area contributed by atoms with Gasteiger partial charge < -0.3 is 4.74 Å². The fraction of sp³-hybridized carbons (Fsp3) is 0.286. The van der Waals surface area contributed by atoms with Gasteiger partial charge in [0.15, 0.2) is 6.29 Å². The number of carbonyl (C=O) groups excluding carboxylic acids is 1. The summed E-state index contributed by atoms with van der Waals surface area (Å²) in [6.07, 6.45) is 4.50. The van der Waals surface area contributed by atoms with E-state index in [2.05, 4.69) is 21.0 Å². The van der Waals surface area contributed by atoms with Gasteiger partial charge in [0.05, 0.1) is 11.3 Å². The van der Waals surface area contributed by atoms with Gasteiger partial charge >= 0.3 is 0 Å². The molecular formula is C14H13BrN2O2. The van der Waals surface area contributed by atoms with Crippen LogP contribution in [0.15, 0.2) is 34.9 Å². The number of hydrogen-bond donors (Lipinski definition) is 0. The molecule has 98 valence electrons. The van der Waals surface area contributed by atoms with Crippen molar-refractivity contribution in [3.63, 3.8) is 0 Å². The smallest absolute Gasteiger partial charge is 0.153 e. The van der Waals surface area contributed by atoms with Crippen molar-refractivity contribution in [3.8, 4) is 5.69 Å². The SMILES string of the molecule is O=Cc1cn(-c2cccc(Br)c2)nc1C1CCCO1. The number of ether oxygens (including phenoxy) is 1. The first kappa shape index (κ1) is 12.6. The third kappa shape index (κ3) is 2.48. The second-order valence-corrected chi connectivity index (χ2v) is 5.43. The van der Waals surface area contributed by atoms with Gasteiger partial charge in [-0.05, 0) is 31.0 Å². The van der Waals surface area contributed by atoms with Crippen LogP contribution >= 0.6 is 15.9 Å². The molecule has 1 unspecified atom stereocenters. The van der Waals surface area contributed by atoms with Crippen molar-refractivity contribution >= 4 is 22.2 Å². The molecule has 0 aliphatic carbocycles. The predicted octanol–water partition coefficient (Wildman–Crippen LogP) is 3.30. The lowest BCUT2D eigenvalue weighted by Crippen LogP contribution is -2.01. The Morgan fingerprint density at radius 1 is 1.47 bits per heavy atom. The lowest BCUT2D eigenvalue weighted by atomic mass is 10.1. The number of hydrogen-bond acceptors (Lipinski definition) is 3. The third-order valence-electron chi connectivity index (χ3n) is 3.21. The molecule has 1 aliphatic heterocycles. The highest BCUT2D eigenvalue weighted by Crippen LogP contribution is 2.29. The quantitative estimate of drug-likeness (QED) is 0.815. The van der Waals surface area contributed by atoms with Gasteiger partial charge in [-0.2, -0.15) is 5.10 Å². The van der Waals surface area contributed by atoms with Crippen LogP contribution in [0.2, 0.25) is 0 Å². The number of rotatable bonds is 3. The van der Waals surface area contributed by atoms with Crippen molar-refractivity contribution in [2.45, 2.75) is 18.9 Å². The Morgan fingerprint density at radius 3 is 3.05 bits per heavy atom. The van der Waals surface area contributed by atoms with Gasteiger partial charge in [-0.3, -0.25) is 4.79 Å². The van der Waals surface area contributed by atoms with E-state index in [9.17, 15) is 4.79 Å². The largest absolute Gasteiger partial charge is 0.372 e. The minimum absolute atomic E-state index is 0.0476. The monoisotopic (exact) mass is 320 g/mol. The lowest BCUT2D eigenvalue weighted by Gasteiger charge is -2.06. The molecule has 4 nitrogen and oxygen atoms in total. The van der Waals surface area contributed by atoms with Crippen LogP contribution in [0.4, 0.5) is 0 Å². The number of aromatic nitrogens is 2. The maximum atomic E-state index is 11.2. The van der Waals surface area contributed by atoms with Gasteiger partial charge in [0.2, 0.25) is 0 Å². The van der Waals surface area contributed by atoms with Crippen LogP contribution in [0.3, 0.4) is 0 Å². The Bertz CT molecular complexity index is 603. The Morgan fingerprint density at radius 2 is 2.37 bits per heavy atom. The van der Waals surface area contributed by atoms with Crippen molar-refractivity contribution in [3.05, 3.63) is 46.2 Å². The minimum atomic E-state index is -0.0476. The normalized spacial score (nSPS) is 18.7. The average molecular weight is 321 g/mol. The average Bonchev–Trinajstić information content (AvgIpc) is 3.07. The first-order valence-corrected chi connectivity index (χ1v) is 6.99. The molecule has 0 bridgehead atoms. The zero-order chi connectivity index (χ0) is 13.2. The van der Waals surface area contributed by atoms with E-state index in [1.54, 1.807) is 10.9 Å². The van der Waals surface area contributed by atoms with E-state index in [0.29, 0.717) is 5.56 Å². The number of aldehydes is 1. The molecule has 0 spiro atoms. The van der Waals surface area contributed by atoms with Gasteiger partial charge in [0.1, 0.15) is 11.8 Å². The Balaban J connectivity index is 2.01.